The fraction of sp³-hybridized carbons (Fsp3) is 0.542. The predicted octanol–water partition coefficient (Wildman–Crippen LogP) is 4.95. The molecule has 0 radical (unpaired) electrons. The number of amides is 1. The highest BCUT2D eigenvalue weighted by atomic mass is 16.6. The summed E-state index contributed by atoms with van der Waals surface area (Å²) in [4.78, 5) is 37.2. The topological polar surface area (TPSA) is 94.8 Å². The van der Waals surface area contributed by atoms with Crippen LogP contribution in [0.4, 0.5) is 4.79 Å². The van der Waals surface area contributed by atoms with Gasteiger partial charge < -0.3 is 19.2 Å². The zero-order valence-corrected chi connectivity index (χ0v) is 19.7. The van der Waals surface area contributed by atoms with E-state index in [1.165, 1.54) is 0 Å². The molecule has 1 N–H and O–H groups in total. The van der Waals surface area contributed by atoms with E-state index < -0.39 is 29.3 Å². The zero-order valence-electron chi connectivity index (χ0n) is 19.7. The van der Waals surface area contributed by atoms with Crippen molar-refractivity contribution in [2.75, 3.05) is 0 Å². The Bertz CT molecular complexity index is 1030. The minimum atomic E-state index is -0.862. The van der Waals surface area contributed by atoms with E-state index in [-0.39, 0.29) is 5.75 Å². The summed E-state index contributed by atoms with van der Waals surface area (Å²) in [6.07, 6.45) is 0.459. The van der Waals surface area contributed by atoms with E-state index in [1.54, 1.807) is 46.8 Å². The first-order valence-electron chi connectivity index (χ1n) is 10.5. The normalized spacial score (nSPS) is 12.7. The fourth-order valence-electron chi connectivity index (χ4n) is 3.11. The van der Waals surface area contributed by atoms with Crippen molar-refractivity contribution in [3.8, 4) is 5.75 Å². The summed E-state index contributed by atoms with van der Waals surface area (Å²) in [5.74, 6) is 0.0308. The SMILES string of the molecule is Cc1c(C)c2ccc(OC(=O)C(CCC(C)C)NC(=O)OC(C)(C)C)c(C)c2oc1=O. The van der Waals surface area contributed by atoms with Crippen LogP contribution in [0.25, 0.3) is 11.0 Å². The molecule has 7 heteroatoms. The molecule has 31 heavy (non-hydrogen) atoms. The van der Waals surface area contributed by atoms with E-state index in [1.807, 2.05) is 20.8 Å². The van der Waals surface area contributed by atoms with Crippen LogP contribution in [-0.4, -0.2) is 23.7 Å². The van der Waals surface area contributed by atoms with Crippen molar-refractivity contribution in [3.05, 3.63) is 39.2 Å². The van der Waals surface area contributed by atoms with Crippen LogP contribution in [0.3, 0.4) is 0 Å². The van der Waals surface area contributed by atoms with Crippen molar-refractivity contribution in [1.82, 2.24) is 5.32 Å². The molecule has 2 aromatic rings. The third-order valence-electron chi connectivity index (χ3n) is 5.04. The van der Waals surface area contributed by atoms with E-state index in [9.17, 15) is 14.4 Å². The molecule has 1 unspecified atom stereocenters. The van der Waals surface area contributed by atoms with Crippen LogP contribution in [-0.2, 0) is 9.53 Å². The van der Waals surface area contributed by atoms with E-state index in [0.29, 0.717) is 29.0 Å². The molecule has 0 bridgehead atoms. The number of hydrogen-bond acceptors (Lipinski definition) is 6. The third-order valence-corrected chi connectivity index (χ3v) is 5.04. The van der Waals surface area contributed by atoms with Gasteiger partial charge in [0.25, 0.3) is 0 Å². The summed E-state index contributed by atoms with van der Waals surface area (Å²) in [5, 5.41) is 3.41. The summed E-state index contributed by atoms with van der Waals surface area (Å²) in [6, 6.07) is 2.58. The highest BCUT2D eigenvalue weighted by molar-refractivity contribution is 5.88. The Morgan fingerprint density at radius 3 is 2.26 bits per heavy atom. The van der Waals surface area contributed by atoms with Gasteiger partial charge in [0.15, 0.2) is 0 Å². The maximum atomic E-state index is 12.9. The van der Waals surface area contributed by atoms with Crippen LogP contribution in [0.1, 0.15) is 64.2 Å². The number of alkyl carbamates (subject to hydrolysis) is 1. The molecule has 1 atom stereocenters. The van der Waals surface area contributed by atoms with Gasteiger partial charge in [0.1, 0.15) is 23.0 Å². The molecule has 1 amide bonds. The lowest BCUT2D eigenvalue weighted by Crippen LogP contribution is -2.45. The Labute approximate surface area is 183 Å². The van der Waals surface area contributed by atoms with Gasteiger partial charge >= 0.3 is 17.7 Å². The Morgan fingerprint density at radius 2 is 1.68 bits per heavy atom. The monoisotopic (exact) mass is 431 g/mol. The summed E-state index contributed by atoms with van der Waals surface area (Å²) in [5.41, 5.74) is 1.21. The van der Waals surface area contributed by atoms with Gasteiger partial charge in [-0.1, -0.05) is 13.8 Å². The lowest BCUT2D eigenvalue weighted by molar-refractivity contribution is -0.137. The number of ether oxygens (including phenoxy) is 2. The van der Waals surface area contributed by atoms with Gasteiger partial charge in [-0.25, -0.2) is 14.4 Å². The van der Waals surface area contributed by atoms with Crippen molar-refractivity contribution in [1.29, 1.82) is 0 Å². The van der Waals surface area contributed by atoms with Gasteiger partial charge in [-0.3, -0.25) is 0 Å². The van der Waals surface area contributed by atoms with Crippen molar-refractivity contribution in [2.24, 2.45) is 5.92 Å². The van der Waals surface area contributed by atoms with E-state index >= 15 is 0 Å². The van der Waals surface area contributed by atoms with Gasteiger partial charge in [0.2, 0.25) is 0 Å². The van der Waals surface area contributed by atoms with Gasteiger partial charge in [-0.2, -0.15) is 0 Å². The lowest BCUT2D eigenvalue weighted by Gasteiger charge is -2.23. The second-order valence-corrected chi connectivity index (χ2v) is 9.30. The van der Waals surface area contributed by atoms with Gasteiger partial charge in [0.05, 0.1) is 0 Å². The average molecular weight is 432 g/mol. The number of carbonyl (C=O) groups is 2. The van der Waals surface area contributed by atoms with Gasteiger partial charge in [0, 0.05) is 16.5 Å². The number of hydrogen-bond donors (Lipinski definition) is 1. The number of rotatable bonds is 6. The molecule has 0 fully saturated rings. The largest absolute Gasteiger partial charge is 0.444 e. The molecular weight excluding hydrogens is 398 g/mol. The molecule has 0 spiro atoms. The number of nitrogens with one attached hydrogen (secondary N) is 1. The molecule has 2 rings (SSSR count). The molecule has 1 aromatic heterocycles. The molecule has 170 valence electrons. The Kier molecular flexibility index (Phi) is 7.52. The van der Waals surface area contributed by atoms with Crippen LogP contribution in [0.15, 0.2) is 21.3 Å². The Morgan fingerprint density at radius 1 is 1.03 bits per heavy atom. The highest BCUT2D eigenvalue weighted by Gasteiger charge is 2.27. The van der Waals surface area contributed by atoms with Crippen LogP contribution in [0, 0.1) is 26.7 Å². The molecular formula is C24H33NO6. The maximum absolute atomic E-state index is 12.9. The first kappa shape index (κ1) is 24.4. The van der Waals surface area contributed by atoms with Crippen molar-refractivity contribution >= 4 is 23.0 Å². The van der Waals surface area contributed by atoms with E-state index in [0.717, 1.165) is 17.4 Å². The van der Waals surface area contributed by atoms with Crippen molar-refractivity contribution in [2.45, 2.75) is 79.9 Å². The molecule has 7 nitrogen and oxygen atoms in total. The number of aryl methyl sites for hydroxylation is 2. The molecule has 1 aromatic carbocycles. The Hall–Kier alpha value is -2.83. The molecule has 0 aliphatic carbocycles. The molecule has 0 aliphatic rings. The highest BCUT2D eigenvalue weighted by Crippen LogP contribution is 2.29. The van der Waals surface area contributed by atoms with Crippen LogP contribution >= 0.6 is 0 Å². The fourth-order valence-corrected chi connectivity index (χ4v) is 3.11. The third kappa shape index (κ3) is 6.32. The zero-order chi connectivity index (χ0) is 23.5. The smallest absolute Gasteiger partial charge is 0.408 e. The van der Waals surface area contributed by atoms with E-state index in [2.05, 4.69) is 5.32 Å². The number of carbonyl (C=O) groups excluding carboxylic acids is 2. The van der Waals surface area contributed by atoms with Gasteiger partial charge in [-0.15, -0.1) is 0 Å². The first-order chi connectivity index (χ1) is 14.3. The second kappa shape index (κ2) is 9.54. The Balaban J connectivity index is 2.30. The maximum Gasteiger partial charge on any atom is 0.408 e. The number of esters is 1. The predicted molar refractivity (Wildman–Crippen MR) is 120 cm³/mol. The quantitative estimate of drug-likeness (QED) is 0.395. The van der Waals surface area contributed by atoms with Crippen LogP contribution in [0.5, 0.6) is 5.75 Å². The summed E-state index contributed by atoms with van der Waals surface area (Å²) >= 11 is 0. The summed E-state index contributed by atoms with van der Waals surface area (Å²) in [7, 11) is 0. The molecule has 0 aliphatic heterocycles. The van der Waals surface area contributed by atoms with Crippen LogP contribution < -0.4 is 15.7 Å². The number of fused-ring (bicyclic) bond motifs is 1. The lowest BCUT2D eigenvalue weighted by atomic mass is 10.0. The minimum absolute atomic E-state index is 0.282. The standard InChI is InChI=1S/C24H33NO6/c1-13(2)9-11-18(25-23(28)31-24(6,7)8)22(27)29-19-12-10-17-14(3)15(4)21(26)30-20(17)16(19)5/h10,12-13,18H,9,11H2,1-8H3,(H,25,28). The van der Waals surface area contributed by atoms with Crippen molar-refractivity contribution in [3.63, 3.8) is 0 Å². The second-order valence-electron chi connectivity index (χ2n) is 9.30. The number of benzene rings is 1. The minimum Gasteiger partial charge on any atom is -0.444 e. The molecule has 1 heterocycles. The summed E-state index contributed by atoms with van der Waals surface area (Å²) in [6.45, 7) is 14.6. The molecule has 0 saturated carbocycles. The van der Waals surface area contributed by atoms with E-state index in [4.69, 9.17) is 13.9 Å². The first-order valence-corrected chi connectivity index (χ1v) is 10.5. The van der Waals surface area contributed by atoms with Crippen LogP contribution in [0.2, 0.25) is 0 Å². The molecule has 0 saturated heterocycles. The van der Waals surface area contributed by atoms with Crippen molar-refractivity contribution < 1.29 is 23.5 Å². The summed E-state index contributed by atoms with van der Waals surface area (Å²) < 4.78 is 16.4. The van der Waals surface area contributed by atoms with Gasteiger partial charge in [-0.05, 0) is 78.0 Å². The average Bonchev–Trinajstić information content (AvgIpc) is 2.64.